The lowest BCUT2D eigenvalue weighted by atomic mass is 10.0. The Balaban J connectivity index is 1.84. The Kier molecular flexibility index (Phi) is 22.8. The van der Waals surface area contributed by atoms with Gasteiger partial charge in [-0.15, -0.1) is 0 Å². The fourth-order valence-corrected chi connectivity index (χ4v) is 4.72. The first-order chi connectivity index (χ1) is 26.9. The monoisotopic (exact) mass is 790 g/mol. The number of nitro benzene ring substituents is 1. The maximum absolute atomic E-state index is 13.4. The van der Waals surface area contributed by atoms with E-state index in [-0.39, 0.29) is 56.6 Å². The molecule has 1 unspecified atom stereocenters. The first-order valence-electron chi connectivity index (χ1n) is 18.3. The molecule has 0 saturated heterocycles. The van der Waals surface area contributed by atoms with Crippen LogP contribution < -0.4 is 31.7 Å². The van der Waals surface area contributed by atoms with E-state index in [1.54, 1.807) is 38.1 Å². The molecule has 0 aliphatic heterocycles. The van der Waals surface area contributed by atoms with Gasteiger partial charge in [0.25, 0.3) is 5.69 Å². The number of benzene rings is 2. The molecule has 0 saturated carbocycles. The van der Waals surface area contributed by atoms with Gasteiger partial charge in [-0.3, -0.25) is 24.5 Å². The van der Waals surface area contributed by atoms with Crippen molar-refractivity contribution in [2.24, 2.45) is 11.7 Å². The molecule has 56 heavy (non-hydrogen) atoms. The summed E-state index contributed by atoms with van der Waals surface area (Å²) in [7, 11) is 0. The van der Waals surface area contributed by atoms with Crippen molar-refractivity contribution in [3.05, 3.63) is 64.2 Å². The second-order valence-electron chi connectivity index (χ2n) is 12.6. The highest BCUT2D eigenvalue weighted by Gasteiger charge is 2.29. The van der Waals surface area contributed by atoms with Crippen LogP contribution in [0.25, 0.3) is 0 Å². The normalized spacial score (nSPS) is 11.9. The number of nitrogens with zero attached hydrogens (tertiary/aromatic N) is 1. The Morgan fingerprint density at radius 2 is 1.38 bits per heavy atom. The zero-order chi connectivity index (χ0) is 41.1. The van der Waals surface area contributed by atoms with Crippen molar-refractivity contribution >= 4 is 41.3 Å². The number of urea groups is 1. The Hall–Kier alpha value is -5.37. The Bertz CT molecular complexity index is 1510. The Morgan fingerprint density at radius 1 is 0.786 bits per heavy atom. The first-order valence-corrected chi connectivity index (χ1v) is 18.3. The van der Waals surface area contributed by atoms with E-state index in [9.17, 15) is 34.1 Å². The first kappa shape index (κ1) is 46.8. The predicted molar refractivity (Wildman–Crippen MR) is 203 cm³/mol. The van der Waals surface area contributed by atoms with Gasteiger partial charge in [0.2, 0.25) is 17.7 Å². The third-order valence-electron chi connectivity index (χ3n) is 7.63. The number of anilines is 1. The van der Waals surface area contributed by atoms with Gasteiger partial charge in [0.15, 0.2) is 0 Å². The molecule has 2 rings (SSSR count). The van der Waals surface area contributed by atoms with E-state index in [1.165, 1.54) is 24.3 Å². The molecule has 0 heterocycles. The number of hydrogen-bond acceptors (Lipinski definition) is 13. The zero-order valence-electron chi connectivity index (χ0n) is 32.1. The molecule has 2 atom stereocenters. The van der Waals surface area contributed by atoms with E-state index in [2.05, 4.69) is 21.3 Å². The van der Waals surface area contributed by atoms with Crippen molar-refractivity contribution in [2.75, 3.05) is 64.7 Å². The summed E-state index contributed by atoms with van der Waals surface area (Å²) in [6.45, 7) is 8.85. The molecular formula is C37H54N6O13. The molecule has 0 aliphatic carbocycles. The molecule has 19 heteroatoms. The van der Waals surface area contributed by atoms with Crippen LogP contribution in [0.4, 0.5) is 21.0 Å². The Morgan fingerprint density at radius 3 is 1.93 bits per heavy atom. The SMILES string of the molecule is CCCOCCOCCOCCOCCC(=O)N[C@H](C(=O)NC(CCCNC(N)=O)C(=O)Nc1ccc(COC(=O)Oc2ccc([N+](=O)[O-])cc2)cc1)C(C)C. The molecule has 2 aromatic carbocycles. The van der Waals surface area contributed by atoms with Crippen molar-refractivity contribution in [3.8, 4) is 5.75 Å². The second-order valence-corrected chi connectivity index (χ2v) is 12.6. The molecule has 0 fully saturated rings. The molecule has 0 aliphatic rings. The van der Waals surface area contributed by atoms with Crippen LogP contribution >= 0.6 is 0 Å². The summed E-state index contributed by atoms with van der Waals surface area (Å²) >= 11 is 0. The minimum Gasteiger partial charge on any atom is -0.429 e. The van der Waals surface area contributed by atoms with Crippen LogP contribution in [0.2, 0.25) is 0 Å². The van der Waals surface area contributed by atoms with Gasteiger partial charge in [-0.25, -0.2) is 9.59 Å². The van der Waals surface area contributed by atoms with Crippen molar-refractivity contribution in [1.29, 1.82) is 0 Å². The minimum atomic E-state index is -1.05. The van der Waals surface area contributed by atoms with Crippen LogP contribution in [0.1, 0.15) is 52.0 Å². The van der Waals surface area contributed by atoms with E-state index in [0.717, 1.165) is 6.42 Å². The summed E-state index contributed by atoms with van der Waals surface area (Å²) < 4.78 is 31.8. The second kappa shape index (κ2) is 27.2. The number of primary amides is 1. The molecule has 19 nitrogen and oxygen atoms in total. The van der Waals surface area contributed by atoms with Crippen molar-refractivity contribution in [1.82, 2.24) is 16.0 Å². The fourth-order valence-electron chi connectivity index (χ4n) is 4.72. The number of rotatable bonds is 28. The van der Waals surface area contributed by atoms with Gasteiger partial charge in [0.1, 0.15) is 24.4 Å². The van der Waals surface area contributed by atoms with Crippen LogP contribution in [0.15, 0.2) is 48.5 Å². The summed E-state index contributed by atoms with van der Waals surface area (Å²) in [6.07, 6.45) is 0.374. The number of carbonyl (C=O) groups is 5. The lowest BCUT2D eigenvalue weighted by molar-refractivity contribution is -0.384. The Labute approximate surface area is 325 Å². The van der Waals surface area contributed by atoms with Gasteiger partial charge < -0.3 is 55.4 Å². The van der Waals surface area contributed by atoms with Crippen molar-refractivity contribution in [3.63, 3.8) is 0 Å². The average Bonchev–Trinajstić information content (AvgIpc) is 3.16. The molecule has 0 radical (unpaired) electrons. The van der Waals surface area contributed by atoms with Gasteiger partial charge in [-0.05, 0) is 55.0 Å². The lowest BCUT2D eigenvalue weighted by Crippen LogP contribution is -2.54. The summed E-state index contributed by atoms with van der Waals surface area (Å²) in [6, 6.07) is 8.51. The fraction of sp³-hybridized carbons (Fsp3) is 0.541. The maximum atomic E-state index is 13.4. The summed E-state index contributed by atoms with van der Waals surface area (Å²) in [5.41, 5.74) is 5.93. The standard InChI is InChI=1S/C37H54N6O13/c1-4-17-51-19-21-53-23-24-54-22-20-52-18-15-32(44)42-33(26(2)3)35(46)41-31(6-5-16-39-36(38)47)34(45)40-28-9-7-27(8-10-28)25-55-37(48)56-30-13-11-29(12-14-30)43(49)50/h7-14,26,31,33H,4-6,15-25H2,1-3H3,(H,40,45)(H,41,46)(H,42,44)(H3,38,39,47)/t31?,33-/m0/s1. The number of hydrogen-bond donors (Lipinski definition) is 5. The largest absolute Gasteiger partial charge is 0.514 e. The molecule has 2 aromatic rings. The highest BCUT2D eigenvalue weighted by Crippen LogP contribution is 2.18. The predicted octanol–water partition coefficient (Wildman–Crippen LogP) is 3.19. The van der Waals surface area contributed by atoms with E-state index < -0.39 is 46.9 Å². The van der Waals surface area contributed by atoms with E-state index in [4.69, 9.17) is 34.2 Å². The number of nitrogens with one attached hydrogen (secondary N) is 4. The zero-order valence-corrected chi connectivity index (χ0v) is 32.1. The van der Waals surface area contributed by atoms with Gasteiger partial charge in [-0.2, -0.15) is 0 Å². The number of nitrogens with two attached hydrogens (primary N) is 1. The molecule has 6 N–H and O–H groups in total. The molecule has 0 aromatic heterocycles. The van der Waals surface area contributed by atoms with Gasteiger partial charge in [-0.1, -0.05) is 32.9 Å². The summed E-state index contributed by atoms with van der Waals surface area (Å²) in [4.78, 5) is 72.9. The topological polar surface area (TPSA) is 258 Å². The van der Waals surface area contributed by atoms with Crippen LogP contribution in [-0.2, 0) is 44.7 Å². The van der Waals surface area contributed by atoms with Crippen LogP contribution in [0.3, 0.4) is 0 Å². The number of carbonyl (C=O) groups excluding carboxylic acids is 5. The van der Waals surface area contributed by atoms with Gasteiger partial charge in [0.05, 0.1) is 51.2 Å². The van der Waals surface area contributed by atoms with Crippen LogP contribution in [0, 0.1) is 16.0 Å². The number of amides is 5. The third kappa shape index (κ3) is 20.3. The highest BCUT2D eigenvalue weighted by atomic mass is 16.7. The smallest absolute Gasteiger partial charge is 0.429 e. The van der Waals surface area contributed by atoms with Gasteiger partial charge in [0, 0.05) is 37.4 Å². The molecule has 0 spiro atoms. The van der Waals surface area contributed by atoms with Crippen LogP contribution in [-0.4, -0.2) is 106 Å². The van der Waals surface area contributed by atoms with E-state index in [1.807, 2.05) is 6.92 Å². The number of nitro groups is 1. The quantitative estimate of drug-likeness (QED) is 0.0273. The molecule has 5 amide bonds. The summed E-state index contributed by atoms with van der Waals surface area (Å²) in [5.74, 6) is -1.79. The lowest BCUT2D eigenvalue weighted by Gasteiger charge is -2.25. The van der Waals surface area contributed by atoms with Crippen LogP contribution in [0.5, 0.6) is 5.75 Å². The van der Waals surface area contributed by atoms with Gasteiger partial charge >= 0.3 is 12.2 Å². The van der Waals surface area contributed by atoms with E-state index >= 15 is 0 Å². The molecular weight excluding hydrogens is 736 g/mol. The van der Waals surface area contributed by atoms with Crippen molar-refractivity contribution < 1.29 is 57.3 Å². The van der Waals surface area contributed by atoms with Crippen molar-refractivity contribution in [2.45, 2.75) is 65.1 Å². The maximum Gasteiger partial charge on any atom is 0.514 e. The molecule has 0 bridgehead atoms. The highest BCUT2D eigenvalue weighted by molar-refractivity contribution is 5.98. The average molecular weight is 791 g/mol. The third-order valence-corrected chi connectivity index (χ3v) is 7.63. The number of ether oxygens (including phenoxy) is 6. The minimum absolute atomic E-state index is 0.00206. The molecule has 310 valence electrons. The van der Waals surface area contributed by atoms with E-state index in [0.29, 0.717) is 57.3 Å². The number of non-ortho nitro benzene ring substituents is 1. The summed E-state index contributed by atoms with van der Waals surface area (Å²) in [5, 5.41) is 21.4.